The second-order valence-electron chi connectivity index (χ2n) is 6.10. The van der Waals surface area contributed by atoms with E-state index in [2.05, 4.69) is 39.5 Å². The normalized spacial score (nSPS) is 18.8. The van der Waals surface area contributed by atoms with E-state index in [4.69, 9.17) is 9.05 Å². The Morgan fingerprint density at radius 2 is 2.00 bits per heavy atom. The summed E-state index contributed by atoms with van der Waals surface area (Å²) in [5.74, 6) is 1.50. The van der Waals surface area contributed by atoms with Crippen LogP contribution >= 0.6 is 0 Å². The smallest absolute Gasteiger partial charge is 0.296 e. The summed E-state index contributed by atoms with van der Waals surface area (Å²) in [4.78, 5) is 6.69. The van der Waals surface area contributed by atoms with Gasteiger partial charge >= 0.3 is 0 Å². The van der Waals surface area contributed by atoms with Gasteiger partial charge in [-0.15, -0.1) is 0 Å². The summed E-state index contributed by atoms with van der Waals surface area (Å²) in [7, 11) is 2.06. The molecule has 3 aromatic rings. The highest BCUT2D eigenvalue weighted by atomic mass is 16.5. The predicted octanol–water partition coefficient (Wildman–Crippen LogP) is 2.28. The summed E-state index contributed by atoms with van der Waals surface area (Å²) in [5.41, 5.74) is 2.95. The second kappa shape index (κ2) is 6.18. The van der Waals surface area contributed by atoms with Gasteiger partial charge in [0.15, 0.2) is 5.82 Å². The van der Waals surface area contributed by atoms with Crippen LogP contribution in [0.5, 0.6) is 0 Å². The summed E-state index contributed by atoms with van der Waals surface area (Å²) in [6.45, 7) is 4.78. The average molecular weight is 325 g/mol. The zero-order chi connectivity index (χ0) is 16.5. The van der Waals surface area contributed by atoms with Crippen molar-refractivity contribution >= 4 is 0 Å². The molecule has 1 aliphatic rings. The molecule has 1 aliphatic heterocycles. The summed E-state index contributed by atoms with van der Waals surface area (Å²) >= 11 is 0. The number of piperazine rings is 1. The molecule has 0 bridgehead atoms. The highest BCUT2D eigenvalue weighted by Crippen LogP contribution is 2.27. The third kappa shape index (κ3) is 2.83. The lowest BCUT2D eigenvalue weighted by molar-refractivity contribution is 0.190. The van der Waals surface area contributed by atoms with Crippen molar-refractivity contribution in [3.63, 3.8) is 0 Å². The Morgan fingerprint density at radius 3 is 2.79 bits per heavy atom. The Bertz CT molecular complexity index is 824. The maximum atomic E-state index is 5.39. The minimum Gasteiger partial charge on any atom is -0.350 e. The maximum Gasteiger partial charge on any atom is 0.296 e. The fourth-order valence-electron chi connectivity index (χ4n) is 2.80. The molecule has 0 spiro atoms. The summed E-state index contributed by atoms with van der Waals surface area (Å²) in [6.07, 6.45) is 0. The number of hydrogen-bond acceptors (Lipinski definition) is 7. The first kappa shape index (κ1) is 15.0. The van der Waals surface area contributed by atoms with E-state index in [1.165, 1.54) is 5.56 Å². The van der Waals surface area contributed by atoms with Gasteiger partial charge in [-0.05, 0) is 14.0 Å². The van der Waals surface area contributed by atoms with Crippen molar-refractivity contribution in [2.75, 3.05) is 26.7 Å². The standard InChI is InChI=1S/C17H19N5O2/c1-11-3-5-12(6-4-11)13-9-15(23-20-13)17-19-16(21-24-17)14-10-18-7-8-22(14)2/h3-6,9,14,18H,7-8,10H2,1-2H3. The Balaban J connectivity index is 1.58. The Hall–Kier alpha value is -2.51. The third-order valence-corrected chi connectivity index (χ3v) is 4.32. The number of nitrogens with zero attached hydrogens (tertiary/aromatic N) is 4. The first-order chi connectivity index (χ1) is 11.7. The molecule has 24 heavy (non-hydrogen) atoms. The second-order valence-corrected chi connectivity index (χ2v) is 6.10. The molecule has 1 fully saturated rings. The van der Waals surface area contributed by atoms with Crippen LogP contribution in [0.2, 0.25) is 0 Å². The number of hydrogen-bond donors (Lipinski definition) is 1. The Morgan fingerprint density at radius 1 is 1.17 bits per heavy atom. The fraction of sp³-hybridized carbons (Fsp3) is 0.353. The highest BCUT2D eigenvalue weighted by molar-refractivity contribution is 5.63. The molecule has 0 amide bonds. The van der Waals surface area contributed by atoms with E-state index < -0.39 is 0 Å². The fourth-order valence-corrected chi connectivity index (χ4v) is 2.80. The van der Waals surface area contributed by atoms with E-state index in [0.29, 0.717) is 17.5 Å². The van der Waals surface area contributed by atoms with Gasteiger partial charge in [0.05, 0.1) is 6.04 Å². The average Bonchev–Trinajstić information content (AvgIpc) is 3.25. The van der Waals surface area contributed by atoms with E-state index in [1.54, 1.807) is 0 Å². The number of aromatic nitrogens is 3. The Labute approximate surface area is 139 Å². The molecular weight excluding hydrogens is 306 g/mol. The van der Waals surface area contributed by atoms with Crippen LogP contribution in [0.25, 0.3) is 22.9 Å². The summed E-state index contributed by atoms with van der Waals surface area (Å²) < 4.78 is 10.8. The molecule has 3 heterocycles. The van der Waals surface area contributed by atoms with Gasteiger partial charge in [-0.2, -0.15) is 4.98 Å². The molecule has 7 heteroatoms. The quantitative estimate of drug-likeness (QED) is 0.791. The molecule has 1 saturated heterocycles. The molecule has 7 nitrogen and oxygen atoms in total. The first-order valence-electron chi connectivity index (χ1n) is 7.99. The minimum absolute atomic E-state index is 0.107. The van der Waals surface area contributed by atoms with E-state index in [1.807, 2.05) is 30.3 Å². The molecule has 2 aromatic heterocycles. The lowest BCUT2D eigenvalue weighted by atomic mass is 10.1. The summed E-state index contributed by atoms with van der Waals surface area (Å²) in [5, 5.41) is 11.6. The topological polar surface area (TPSA) is 80.2 Å². The minimum atomic E-state index is 0.107. The molecule has 4 rings (SSSR count). The zero-order valence-electron chi connectivity index (χ0n) is 13.7. The van der Waals surface area contributed by atoms with Crippen molar-refractivity contribution in [2.24, 2.45) is 0 Å². The summed E-state index contributed by atoms with van der Waals surface area (Å²) in [6, 6.07) is 10.0. The lowest BCUT2D eigenvalue weighted by Crippen LogP contribution is -2.44. The van der Waals surface area contributed by atoms with Crippen molar-refractivity contribution in [3.05, 3.63) is 41.7 Å². The van der Waals surface area contributed by atoms with Gasteiger partial charge in [0.1, 0.15) is 5.69 Å². The van der Waals surface area contributed by atoms with Gasteiger partial charge in [-0.3, -0.25) is 4.90 Å². The number of nitrogens with one attached hydrogen (secondary N) is 1. The number of benzene rings is 1. The number of aryl methyl sites for hydroxylation is 1. The molecular formula is C17H19N5O2. The van der Waals surface area contributed by atoms with Crippen LogP contribution in [0, 0.1) is 6.92 Å². The van der Waals surface area contributed by atoms with Gasteiger partial charge < -0.3 is 14.4 Å². The molecule has 0 radical (unpaired) electrons. The largest absolute Gasteiger partial charge is 0.350 e. The van der Waals surface area contributed by atoms with Gasteiger partial charge in [0, 0.05) is 31.3 Å². The molecule has 0 saturated carbocycles. The van der Waals surface area contributed by atoms with Crippen molar-refractivity contribution in [1.29, 1.82) is 0 Å². The van der Waals surface area contributed by atoms with Crippen LogP contribution in [-0.4, -0.2) is 46.9 Å². The van der Waals surface area contributed by atoms with E-state index in [0.717, 1.165) is 30.9 Å². The highest BCUT2D eigenvalue weighted by Gasteiger charge is 2.26. The van der Waals surface area contributed by atoms with Gasteiger partial charge in [0.2, 0.25) is 5.76 Å². The molecule has 0 aliphatic carbocycles. The zero-order valence-corrected chi connectivity index (χ0v) is 13.7. The van der Waals surface area contributed by atoms with E-state index in [9.17, 15) is 0 Å². The van der Waals surface area contributed by atoms with Crippen molar-refractivity contribution in [2.45, 2.75) is 13.0 Å². The van der Waals surface area contributed by atoms with Gasteiger partial charge in [-0.25, -0.2) is 0 Å². The molecule has 1 N–H and O–H groups in total. The monoisotopic (exact) mass is 325 g/mol. The van der Waals surface area contributed by atoms with Crippen molar-refractivity contribution in [3.8, 4) is 22.9 Å². The van der Waals surface area contributed by atoms with Crippen LogP contribution in [0.3, 0.4) is 0 Å². The van der Waals surface area contributed by atoms with E-state index in [-0.39, 0.29) is 6.04 Å². The SMILES string of the molecule is Cc1ccc(-c2cc(-c3nc(C4CNCCN4C)no3)on2)cc1. The number of likely N-dealkylation sites (N-methyl/N-ethyl adjacent to an activating group) is 1. The van der Waals surface area contributed by atoms with Crippen LogP contribution < -0.4 is 5.32 Å². The first-order valence-corrected chi connectivity index (χ1v) is 7.99. The molecule has 1 unspecified atom stereocenters. The van der Waals surface area contributed by atoms with Crippen molar-refractivity contribution < 1.29 is 9.05 Å². The van der Waals surface area contributed by atoms with Crippen LogP contribution in [0.1, 0.15) is 17.4 Å². The van der Waals surface area contributed by atoms with Gasteiger partial charge in [-0.1, -0.05) is 40.1 Å². The molecule has 1 atom stereocenters. The van der Waals surface area contributed by atoms with Crippen molar-refractivity contribution in [1.82, 2.24) is 25.5 Å². The molecule has 124 valence electrons. The number of rotatable bonds is 3. The van der Waals surface area contributed by atoms with Crippen LogP contribution in [-0.2, 0) is 0 Å². The molecule has 1 aromatic carbocycles. The third-order valence-electron chi connectivity index (χ3n) is 4.32. The Kier molecular flexibility index (Phi) is 3.87. The predicted molar refractivity (Wildman–Crippen MR) is 88.2 cm³/mol. The van der Waals surface area contributed by atoms with Gasteiger partial charge in [0.25, 0.3) is 5.89 Å². The van der Waals surface area contributed by atoms with Crippen LogP contribution in [0.15, 0.2) is 39.4 Å². The van der Waals surface area contributed by atoms with E-state index >= 15 is 0 Å². The van der Waals surface area contributed by atoms with Crippen LogP contribution in [0.4, 0.5) is 0 Å². The maximum absolute atomic E-state index is 5.39. The lowest BCUT2D eigenvalue weighted by Gasteiger charge is -2.30.